The van der Waals surface area contributed by atoms with Crippen LogP contribution in [-0.4, -0.2) is 21.2 Å². The van der Waals surface area contributed by atoms with Gasteiger partial charge < -0.3 is 14.4 Å². The number of benzene rings is 2. The van der Waals surface area contributed by atoms with Crippen LogP contribution in [0.15, 0.2) is 73.0 Å². The third kappa shape index (κ3) is 2.82. The predicted molar refractivity (Wildman–Crippen MR) is 93.9 cm³/mol. The smallest absolute Gasteiger partial charge is 0.177 e. The van der Waals surface area contributed by atoms with Crippen LogP contribution in [0.1, 0.15) is 11.1 Å². The molecule has 1 atom stereocenters. The molecule has 0 spiro atoms. The molecule has 3 heteroatoms. The Kier molecular flexibility index (Phi) is 4.11. The molecule has 0 saturated carbocycles. The van der Waals surface area contributed by atoms with Crippen molar-refractivity contribution >= 4 is 5.69 Å². The lowest BCUT2D eigenvalue weighted by atomic mass is 9.85. The molecule has 1 unspecified atom stereocenters. The van der Waals surface area contributed by atoms with Crippen molar-refractivity contribution in [1.29, 1.82) is 0 Å². The van der Waals surface area contributed by atoms with E-state index < -0.39 is 5.60 Å². The van der Waals surface area contributed by atoms with Gasteiger partial charge in [0.1, 0.15) is 5.75 Å². The van der Waals surface area contributed by atoms with E-state index in [0.717, 1.165) is 22.6 Å². The first-order valence-corrected chi connectivity index (χ1v) is 7.60. The highest BCUT2D eigenvalue weighted by atomic mass is 16.5. The third-order valence-electron chi connectivity index (χ3n) is 4.11. The predicted octanol–water partition coefficient (Wildman–Crippen LogP) is 4.10. The Bertz CT molecular complexity index is 714. The summed E-state index contributed by atoms with van der Waals surface area (Å²) in [4.78, 5) is 2.08. The van der Waals surface area contributed by atoms with Gasteiger partial charge in [-0.25, -0.2) is 0 Å². The lowest BCUT2D eigenvalue weighted by Crippen LogP contribution is -2.28. The molecule has 0 aliphatic carbocycles. The summed E-state index contributed by atoms with van der Waals surface area (Å²) in [6.45, 7) is 0. The Morgan fingerprint density at radius 1 is 0.870 bits per heavy atom. The summed E-state index contributed by atoms with van der Waals surface area (Å²) in [5.74, 6) is 0.835. The van der Waals surface area contributed by atoms with Gasteiger partial charge in [-0.1, -0.05) is 30.3 Å². The fourth-order valence-corrected chi connectivity index (χ4v) is 2.76. The Morgan fingerprint density at radius 3 is 1.96 bits per heavy atom. The maximum atomic E-state index is 6.09. The highest BCUT2D eigenvalue weighted by Crippen LogP contribution is 2.38. The number of hydrogen-bond acceptors (Lipinski definition) is 3. The second kappa shape index (κ2) is 6.21. The van der Waals surface area contributed by atoms with Gasteiger partial charge in [0, 0.05) is 30.9 Å². The maximum absolute atomic E-state index is 6.09. The summed E-state index contributed by atoms with van der Waals surface area (Å²) in [6, 6.07) is 16.4. The van der Waals surface area contributed by atoms with Crippen LogP contribution in [-0.2, 0) is 10.3 Å². The zero-order valence-electron chi connectivity index (χ0n) is 13.7. The van der Waals surface area contributed by atoms with Crippen molar-refractivity contribution < 1.29 is 9.47 Å². The molecular weight excluding hydrogens is 286 g/mol. The second-order valence-electron chi connectivity index (χ2n) is 5.71. The van der Waals surface area contributed by atoms with E-state index in [-0.39, 0.29) is 0 Å². The lowest BCUT2D eigenvalue weighted by Gasteiger charge is -2.33. The van der Waals surface area contributed by atoms with Gasteiger partial charge in [0.25, 0.3) is 0 Å². The van der Waals surface area contributed by atoms with Crippen molar-refractivity contribution in [2.75, 3.05) is 26.1 Å². The number of hydrogen-bond donors (Lipinski definition) is 0. The second-order valence-corrected chi connectivity index (χ2v) is 5.71. The average Bonchev–Trinajstić information content (AvgIpc) is 2.62. The Hall–Kier alpha value is -2.68. The van der Waals surface area contributed by atoms with Gasteiger partial charge in [0.05, 0.1) is 13.4 Å². The molecule has 118 valence electrons. The first kappa shape index (κ1) is 15.2. The first-order valence-electron chi connectivity index (χ1n) is 7.60. The van der Waals surface area contributed by atoms with Crippen LogP contribution in [0.3, 0.4) is 0 Å². The van der Waals surface area contributed by atoms with Crippen molar-refractivity contribution in [2.24, 2.45) is 0 Å². The molecule has 23 heavy (non-hydrogen) atoms. The average molecular weight is 307 g/mol. The number of anilines is 1. The van der Waals surface area contributed by atoms with Crippen molar-refractivity contribution in [3.05, 3.63) is 84.1 Å². The third-order valence-corrected chi connectivity index (χ3v) is 4.11. The molecule has 2 aromatic carbocycles. The zero-order chi connectivity index (χ0) is 16.3. The van der Waals surface area contributed by atoms with E-state index in [2.05, 4.69) is 35.2 Å². The molecule has 0 aromatic heterocycles. The van der Waals surface area contributed by atoms with Crippen molar-refractivity contribution in [1.82, 2.24) is 0 Å². The van der Waals surface area contributed by atoms with Crippen molar-refractivity contribution in [3.63, 3.8) is 0 Å². The minimum atomic E-state index is -0.605. The monoisotopic (exact) mass is 307 g/mol. The largest absolute Gasteiger partial charge is 0.497 e. The van der Waals surface area contributed by atoms with E-state index in [4.69, 9.17) is 9.47 Å². The van der Waals surface area contributed by atoms with E-state index in [1.54, 1.807) is 13.4 Å². The Labute approximate surface area is 137 Å². The van der Waals surface area contributed by atoms with Gasteiger partial charge in [-0.15, -0.1) is 0 Å². The molecule has 3 rings (SSSR count). The standard InChI is InChI=1S/C20H21NO2/c1-21(2)18-10-6-16(7-11-18)20(14-4-5-15-23-20)17-8-12-19(22-3)13-9-17/h4-15H,1-3H3. The summed E-state index contributed by atoms with van der Waals surface area (Å²) < 4.78 is 11.3. The number of ether oxygens (including phenoxy) is 2. The van der Waals surface area contributed by atoms with Crippen LogP contribution in [0, 0.1) is 0 Å². The van der Waals surface area contributed by atoms with E-state index >= 15 is 0 Å². The highest BCUT2D eigenvalue weighted by Gasteiger charge is 2.34. The van der Waals surface area contributed by atoms with Crippen LogP contribution in [0.2, 0.25) is 0 Å². The molecule has 0 radical (unpaired) electrons. The molecule has 0 bridgehead atoms. The molecule has 2 aromatic rings. The SMILES string of the molecule is COc1ccc(C2(c3ccc(N(C)C)cc3)C=CC=CO2)cc1. The van der Waals surface area contributed by atoms with Crippen LogP contribution >= 0.6 is 0 Å². The molecule has 0 saturated heterocycles. The topological polar surface area (TPSA) is 21.7 Å². The zero-order valence-corrected chi connectivity index (χ0v) is 13.7. The number of allylic oxidation sites excluding steroid dienone is 2. The number of nitrogens with zero attached hydrogens (tertiary/aromatic N) is 1. The summed E-state index contributed by atoms with van der Waals surface area (Å²) in [5.41, 5.74) is 2.71. The first-order chi connectivity index (χ1) is 11.2. The summed E-state index contributed by atoms with van der Waals surface area (Å²) in [7, 11) is 5.74. The fraction of sp³-hybridized carbons (Fsp3) is 0.200. The Morgan fingerprint density at radius 2 is 1.48 bits per heavy atom. The fourth-order valence-electron chi connectivity index (χ4n) is 2.76. The minimum Gasteiger partial charge on any atom is -0.497 e. The van der Waals surface area contributed by atoms with E-state index in [9.17, 15) is 0 Å². The number of rotatable bonds is 4. The van der Waals surface area contributed by atoms with Gasteiger partial charge in [-0.05, 0) is 36.4 Å². The lowest BCUT2D eigenvalue weighted by molar-refractivity contribution is 0.102. The summed E-state index contributed by atoms with van der Waals surface area (Å²) >= 11 is 0. The van der Waals surface area contributed by atoms with Crippen LogP contribution < -0.4 is 9.64 Å². The van der Waals surface area contributed by atoms with E-state index in [1.165, 1.54) is 0 Å². The van der Waals surface area contributed by atoms with Crippen LogP contribution in [0.4, 0.5) is 5.69 Å². The summed E-state index contributed by atoms with van der Waals surface area (Å²) in [6.07, 6.45) is 7.74. The van der Waals surface area contributed by atoms with Gasteiger partial charge in [0.2, 0.25) is 0 Å². The van der Waals surface area contributed by atoms with Gasteiger partial charge in [-0.3, -0.25) is 0 Å². The van der Waals surface area contributed by atoms with E-state index in [0.29, 0.717) is 0 Å². The molecule has 0 amide bonds. The molecule has 0 fully saturated rings. The normalized spacial score (nSPS) is 19.3. The summed E-state index contributed by atoms with van der Waals surface area (Å²) in [5, 5.41) is 0. The van der Waals surface area contributed by atoms with Crippen LogP contribution in [0.25, 0.3) is 0 Å². The van der Waals surface area contributed by atoms with Crippen molar-refractivity contribution in [2.45, 2.75) is 5.60 Å². The number of methoxy groups -OCH3 is 1. The molecular formula is C20H21NO2. The van der Waals surface area contributed by atoms with Crippen molar-refractivity contribution in [3.8, 4) is 5.75 Å². The maximum Gasteiger partial charge on any atom is 0.177 e. The van der Waals surface area contributed by atoms with Gasteiger partial charge >= 0.3 is 0 Å². The molecule has 0 N–H and O–H groups in total. The molecule has 3 nitrogen and oxygen atoms in total. The minimum absolute atomic E-state index is 0.605. The van der Waals surface area contributed by atoms with E-state index in [1.807, 2.05) is 50.5 Å². The molecule has 1 aliphatic heterocycles. The molecule has 1 aliphatic rings. The quantitative estimate of drug-likeness (QED) is 0.848. The Balaban J connectivity index is 2.06. The highest BCUT2D eigenvalue weighted by molar-refractivity contribution is 5.51. The molecule has 1 heterocycles. The van der Waals surface area contributed by atoms with Gasteiger partial charge in [-0.2, -0.15) is 0 Å². The van der Waals surface area contributed by atoms with Crippen LogP contribution in [0.5, 0.6) is 5.75 Å². The van der Waals surface area contributed by atoms with Gasteiger partial charge in [0.15, 0.2) is 5.60 Å².